The van der Waals surface area contributed by atoms with Crippen LogP contribution in [0.2, 0.25) is 0 Å². The van der Waals surface area contributed by atoms with Gasteiger partial charge < -0.3 is 0 Å². The van der Waals surface area contributed by atoms with Gasteiger partial charge in [0.2, 0.25) is 0 Å². The molecule has 0 aliphatic carbocycles. The van der Waals surface area contributed by atoms with Crippen molar-refractivity contribution >= 4 is 0 Å². The topological polar surface area (TPSA) is 39.8 Å². The van der Waals surface area contributed by atoms with Crippen molar-refractivity contribution in [3.8, 4) is 0 Å². The fraction of sp³-hybridized carbons (Fsp3) is 1.00. The van der Waals surface area contributed by atoms with Crippen LogP contribution in [0.3, 0.4) is 0 Å². The van der Waals surface area contributed by atoms with Crippen LogP contribution < -0.4 is 0 Å². The van der Waals surface area contributed by atoms with Gasteiger partial charge in [-0.15, -0.1) is 0 Å². The lowest BCUT2D eigenvalue weighted by Crippen LogP contribution is -1.82. The van der Waals surface area contributed by atoms with Gasteiger partial charge in [-0.1, -0.05) is 0 Å². The maximum atomic E-state index is 9.55. The number of unbranched alkanes of at least 4 members (excludes halogenated alkanes) is 1. The average molecular weight is 88.1 g/mol. The molecule has 0 amide bonds. The maximum absolute atomic E-state index is 9.55. The first-order chi connectivity index (χ1) is 2.91. The second-order valence-electron chi connectivity index (χ2n) is 1.12. The summed E-state index contributed by atoms with van der Waals surface area (Å²) in [5.74, 6) is 0. The summed E-state index contributed by atoms with van der Waals surface area (Å²) in [6.07, 6.45) is 1.09. The Morgan fingerprint density at radius 2 is 1.17 bits per heavy atom. The van der Waals surface area contributed by atoms with Gasteiger partial charge in [0.1, 0.15) is 0 Å². The maximum Gasteiger partial charge on any atom is 0.0823 e. The second kappa shape index (κ2) is 4.92. The second-order valence-corrected chi connectivity index (χ2v) is 1.12. The van der Waals surface area contributed by atoms with Crippen LogP contribution in [-0.4, -0.2) is 13.2 Å². The van der Waals surface area contributed by atoms with Crippen molar-refractivity contribution in [3.63, 3.8) is 0 Å². The molecule has 0 aromatic heterocycles. The van der Waals surface area contributed by atoms with E-state index in [1.807, 2.05) is 0 Å². The molecule has 0 aromatic rings. The van der Waals surface area contributed by atoms with Crippen molar-refractivity contribution in [2.24, 2.45) is 0 Å². The summed E-state index contributed by atoms with van der Waals surface area (Å²) in [7, 11) is 0. The third kappa shape index (κ3) is 3.92. The molecule has 0 N–H and O–H groups in total. The number of hydrogen-bond acceptors (Lipinski definition) is 0. The zero-order valence-electron chi connectivity index (χ0n) is 3.64. The highest BCUT2D eigenvalue weighted by molar-refractivity contribution is 4.30. The molecule has 0 unspecified atom stereocenters. The standard InChI is InChI=1S/C4H8O2/c5-3-1-2-4-6/h1-4H2. The largest absolute Gasteiger partial charge is 0.237 e. The predicted octanol–water partition coefficient (Wildman–Crippen LogP) is 0.628. The lowest BCUT2D eigenvalue weighted by atomic mass is 10.3. The molecule has 0 atom stereocenters. The SMILES string of the molecule is [O]CCCC[O]. The van der Waals surface area contributed by atoms with Crippen LogP contribution in [0.4, 0.5) is 0 Å². The van der Waals surface area contributed by atoms with Crippen molar-refractivity contribution in [1.29, 1.82) is 0 Å². The minimum Gasteiger partial charge on any atom is -0.237 e. The molecular formula is C4H8O2. The summed E-state index contributed by atoms with van der Waals surface area (Å²) in [6, 6.07) is 0. The molecule has 2 radical (unpaired) electrons. The molecule has 0 aliphatic heterocycles. The zero-order chi connectivity index (χ0) is 4.83. The summed E-state index contributed by atoms with van der Waals surface area (Å²) in [4.78, 5) is 0. The molecule has 2 nitrogen and oxygen atoms in total. The molecule has 0 spiro atoms. The monoisotopic (exact) mass is 88.1 g/mol. The third-order valence-corrected chi connectivity index (χ3v) is 0.539. The molecule has 0 fully saturated rings. The first-order valence-corrected chi connectivity index (χ1v) is 2.08. The third-order valence-electron chi connectivity index (χ3n) is 0.539. The van der Waals surface area contributed by atoms with Crippen LogP contribution >= 0.6 is 0 Å². The van der Waals surface area contributed by atoms with Crippen LogP contribution in [0, 0.1) is 0 Å². The predicted molar refractivity (Wildman–Crippen MR) is 20.3 cm³/mol. The van der Waals surface area contributed by atoms with Crippen molar-refractivity contribution in [2.45, 2.75) is 12.8 Å². The van der Waals surface area contributed by atoms with Crippen LogP contribution in [0.5, 0.6) is 0 Å². The molecule has 0 aliphatic rings. The van der Waals surface area contributed by atoms with E-state index in [0.29, 0.717) is 12.8 Å². The van der Waals surface area contributed by atoms with E-state index in [0.717, 1.165) is 0 Å². The van der Waals surface area contributed by atoms with Gasteiger partial charge in [-0.2, -0.15) is 0 Å². The normalized spacial score (nSPS) is 9.00. The highest BCUT2D eigenvalue weighted by Gasteiger charge is 1.80. The van der Waals surface area contributed by atoms with E-state index in [1.54, 1.807) is 0 Å². The van der Waals surface area contributed by atoms with E-state index in [4.69, 9.17) is 0 Å². The zero-order valence-corrected chi connectivity index (χ0v) is 3.64. The van der Waals surface area contributed by atoms with Crippen molar-refractivity contribution in [3.05, 3.63) is 0 Å². The molecule has 0 rings (SSSR count). The van der Waals surface area contributed by atoms with Gasteiger partial charge in [0.05, 0.1) is 13.2 Å². The van der Waals surface area contributed by atoms with E-state index >= 15 is 0 Å². The van der Waals surface area contributed by atoms with E-state index in [2.05, 4.69) is 0 Å². The van der Waals surface area contributed by atoms with Crippen molar-refractivity contribution < 1.29 is 10.2 Å². The fourth-order valence-corrected chi connectivity index (χ4v) is 0.204. The first kappa shape index (κ1) is 5.92. The van der Waals surface area contributed by atoms with Gasteiger partial charge in [-0.05, 0) is 12.8 Å². The lowest BCUT2D eigenvalue weighted by Gasteiger charge is -1.81. The molecule has 0 saturated carbocycles. The quantitative estimate of drug-likeness (QED) is 0.454. The highest BCUT2D eigenvalue weighted by Crippen LogP contribution is 1.81. The average Bonchev–Trinajstić information content (AvgIpc) is 1.61. The fourth-order valence-electron chi connectivity index (χ4n) is 0.204. The van der Waals surface area contributed by atoms with Crippen LogP contribution in [0.1, 0.15) is 12.8 Å². The van der Waals surface area contributed by atoms with Gasteiger partial charge in [0, 0.05) is 0 Å². The van der Waals surface area contributed by atoms with Crippen molar-refractivity contribution in [2.75, 3.05) is 13.2 Å². The molecule has 0 aromatic carbocycles. The van der Waals surface area contributed by atoms with Crippen LogP contribution in [0.15, 0.2) is 0 Å². The molecule has 0 heterocycles. The van der Waals surface area contributed by atoms with Crippen LogP contribution in [0.25, 0.3) is 0 Å². The Bertz CT molecular complexity index is 17.5. The smallest absolute Gasteiger partial charge is 0.0823 e. The van der Waals surface area contributed by atoms with Gasteiger partial charge in [0.15, 0.2) is 0 Å². The van der Waals surface area contributed by atoms with E-state index < -0.39 is 0 Å². The Morgan fingerprint density at radius 1 is 0.833 bits per heavy atom. The lowest BCUT2D eigenvalue weighted by molar-refractivity contribution is 0.150. The van der Waals surface area contributed by atoms with Gasteiger partial charge in [0.25, 0.3) is 0 Å². The molecule has 36 valence electrons. The molecule has 0 bridgehead atoms. The summed E-state index contributed by atoms with van der Waals surface area (Å²) in [5.41, 5.74) is 0. The van der Waals surface area contributed by atoms with Crippen molar-refractivity contribution in [1.82, 2.24) is 0 Å². The summed E-state index contributed by atoms with van der Waals surface area (Å²) >= 11 is 0. The van der Waals surface area contributed by atoms with Gasteiger partial charge in [-0.3, -0.25) is 0 Å². The molecule has 2 heteroatoms. The Morgan fingerprint density at radius 3 is 1.33 bits per heavy atom. The molecule has 0 saturated heterocycles. The van der Waals surface area contributed by atoms with Gasteiger partial charge in [-0.25, -0.2) is 10.2 Å². The summed E-state index contributed by atoms with van der Waals surface area (Å²) in [6.45, 7) is -0.190. The van der Waals surface area contributed by atoms with E-state index in [-0.39, 0.29) is 13.2 Å². The minimum absolute atomic E-state index is 0.0950. The Kier molecular flexibility index (Phi) is 4.85. The molecule has 6 heavy (non-hydrogen) atoms. The molecular weight excluding hydrogens is 80.0 g/mol. The van der Waals surface area contributed by atoms with E-state index in [9.17, 15) is 10.2 Å². The number of rotatable bonds is 3. The summed E-state index contributed by atoms with van der Waals surface area (Å²) in [5, 5.41) is 19.1. The van der Waals surface area contributed by atoms with E-state index in [1.165, 1.54) is 0 Å². The first-order valence-electron chi connectivity index (χ1n) is 2.08. The highest BCUT2D eigenvalue weighted by atomic mass is 16.3. The Hall–Kier alpha value is -0.0800. The Balaban J connectivity index is 2.34. The summed E-state index contributed by atoms with van der Waals surface area (Å²) < 4.78 is 0. The van der Waals surface area contributed by atoms with Gasteiger partial charge >= 0.3 is 0 Å². The Labute approximate surface area is 37.4 Å². The van der Waals surface area contributed by atoms with Crippen LogP contribution in [-0.2, 0) is 10.2 Å². The number of hydrogen-bond donors (Lipinski definition) is 0. The minimum atomic E-state index is -0.0950.